The van der Waals surface area contributed by atoms with Gasteiger partial charge in [-0.05, 0) is 55.1 Å². The van der Waals surface area contributed by atoms with E-state index >= 15 is 0 Å². The van der Waals surface area contributed by atoms with Crippen molar-refractivity contribution >= 4 is 5.82 Å². The Morgan fingerprint density at radius 2 is 2.05 bits per heavy atom. The Kier molecular flexibility index (Phi) is 3.96. The van der Waals surface area contributed by atoms with Crippen molar-refractivity contribution in [3.05, 3.63) is 22.9 Å². The zero-order valence-electron chi connectivity index (χ0n) is 13.8. The number of nitrogens with zero attached hydrogens (tertiary/aromatic N) is 2. The van der Waals surface area contributed by atoms with Crippen LogP contribution in [-0.4, -0.2) is 18.1 Å². The Balaban J connectivity index is 1.88. The molecule has 1 fully saturated rings. The van der Waals surface area contributed by atoms with Crippen LogP contribution in [0.5, 0.6) is 0 Å². The Bertz CT molecular complexity index is 516. The lowest BCUT2D eigenvalue weighted by Gasteiger charge is -2.28. The number of hydrogen-bond donors (Lipinski definition) is 1. The second kappa shape index (κ2) is 5.60. The lowest BCUT2D eigenvalue weighted by molar-refractivity contribution is 0.263. The van der Waals surface area contributed by atoms with Gasteiger partial charge in [-0.3, -0.25) is 0 Å². The van der Waals surface area contributed by atoms with Crippen LogP contribution in [-0.2, 0) is 19.4 Å². The summed E-state index contributed by atoms with van der Waals surface area (Å²) in [7, 11) is 0. The molecular formula is C18H29N3. The van der Waals surface area contributed by atoms with E-state index in [1.807, 2.05) is 0 Å². The molecule has 0 aromatic carbocycles. The van der Waals surface area contributed by atoms with Crippen LogP contribution in [0.15, 0.2) is 6.07 Å². The summed E-state index contributed by atoms with van der Waals surface area (Å²) < 4.78 is 0. The molecule has 1 aromatic rings. The Morgan fingerprint density at radius 1 is 1.29 bits per heavy atom. The lowest BCUT2D eigenvalue weighted by atomic mass is 9.80. The molecule has 0 radical (unpaired) electrons. The zero-order chi connectivity index (χ0) is 15.0. The van der Waals surface area contributed by atoms with Crippen molar-refractivity contribution in [3.8, 4) is 0 Å². The van der Waals surface area contributed by atoms with E-state index in [0.29, 0.717) is 12.0 Å². The van der Waals surface area contributed by atoms with E-state index in [1.54, 1.807) is 0 Å². The SMILES string of the molecule is CC(C)(C)C1CCN(c2nc3c(cc2CN)CCCC3)C1. The smallest absolute Gasteiger partial charge is 0.133 e. The van der Waals surface area contributed by atoms with E-state index in [1.165, 1.54) is 48.3 Å². The summed E-state index contributed by atoms with van der Waals surface area (Å²) in [5.74, 6) is 1.92. The molecular weight excluding hydrogens is 258 g/mol. The molecule has 116 valence electrons. The molecule has 0 spiro atoms. The summed E-state index contributed by atoms with van der Waals surface area (Å²) in [5.41, 5.74) is 10.4. The van der Waals surface area contributed by atoms with Gasteiger partial charge < -0.3 is 10.6 Å². The Morgan fingerprint density at radius 3 is 2.71 bits per heavy atom. The minimum absolute atomic E-state index is 0.381. The van der Waals surface area contributed by atoms with Gasteiger partial charge in [-0.15, -0.1) is 0 Å². The first-order valence-corrected chi connectivity index (χ1v) is 8.45. The highest BCUT2D eigenvalue weighted by molar-refractivity contribution is 5.51. The maximum absolute atomic E-state index is 6.01. The molecule has 0 bridgehead atoms. The lowest BCUT2D eigenvalue weighted by Crippen LogP contribution is -2.28. The molecule has 0 amide bonds. The molecule has 1 aliphatic carbocycles. The van der Waals surface area contributed by atoms with Gasteiger partial charge in [0, 0.05) is 30.9 Å². The molecule has 3 nitrogen and oxygen atoms in total. The number of pyridine rings is 1. The minimum Gasteiger partial charge on any atom is -0.356 e. The van der Waals surface area contributed by atoms with E-state index in [-0.39, 0.29) is 0 Å². The topological polar surface area (TPSA) is 42.2 Å². The first-order chi connectivity index (χ1) is 9.99. The number of aromatic nitrogens is 1. The van der Waals surface area contributed by atoms with Gasteiger partial charge in [0.1, 0.15) is 5.82 Å². The summed E-state index contributed by atoms with van der Waals surface area (Å²) in [5, 5.41) is 0. The third-order valence-electron chi connectivity index (χ3n) is 5.29. The second-order valence-corrected chi connectivity index (χ2v) is 7.79. The monoisotopic (exact) mass is 287 g/mol. The highest BCUT2D eigenvalue weighted by atomic mass is 15.2. The molecule has 1 unspecified atom stereocenters. The maximum Gasteiger partial charge on any atom is 0.133 e. The third-order valence-corrected chi connectivity index (χ3v) is 5.29. The maximum atomic E-state index is 6.01. The van der Waals surface area contributed by atoms with Gasteiger partial charge in [0.2, 0.25) is 0 Å². The molecule has 1 saturated heterocycles. The zero-order valence-corrected chi connectivity index (χ0v) is 13.8. The average molecular weight is 287 g/mol. The molecule has 2 aliphatic rings. The fourth-order valence-electron chi connectivity index (χ4n) is 3.75. The highest BCUT2D eigenvalue weighted by Gasteiger charge is 2.33. The molecule has 1 aromatic heterocycles. The molecule has 0 saturated carbocycles. The van der Waals surface area contributed by atoms with Crippen LogP contribution in [0, 0.1) is 11.3 Å². The fraction of sp³-hybridized carbons (Fsp3) is 0.722. The normalized spacial score (nSPS) is 22.5. The van der Waals surface area contributed by atoms with Crippen LogP contribution in [0.2, 0.25) is 0 Å². The van der Waals surface area contributed by atoms with Gasteiger partial charge in [-0.1, -0.05) is 20.8 Å². The molecule has 2 N–H and O–H groups in total. The van der Waals surface area contributed by atoms with Gasteiger partial charge in [0.05, 0.1) is 0 Å². The van der Waals surface area contributed by atoms with Gasteiger partial charge in [-0.25, -0.2) is 4.98 Å². The van der Waals surface area contributed by atoms with Crippen LogP contribution in [0.25, 0.3) is 0 Å². The number of nitrogens with two attached hydrogens (primary N) is 1. The first-order valence-electron chi connectivity index (χ1n) is 8.45. The average Bonchev–Trinajstić information content (AvgIpc) is 2.95. The van der Waals surface area contributed by atoms with Crippen molar-refractivity contribution in [2.75, 3.05) is 18.0 Å². The van der Waals surface area contributed by atoms with Crippen molar-refractivity contribution < 1.29 is 0 Å². The van der Waals surface area contributed by atoms with E-state index in [9.17, 15) is 0 Å². The largest absolute Gasteiger partial charge is 0.356 e. The van der Waals surface area contributed by atoms with Gasteiger partial charge in [-0.2, -0.15) is 0 Å². The van der Waals surface area contributed by atoms with Crippen molar-refractivity contribution in [2.45, 2.75) is 59.4 Å². The minimum atomic E-state index is 0.381. The molecule has 1 atom stereocenters. The quantitative estimate of drug-likeness (QED) is 0.907. The molecule has 1 aliphatic heterocycles. The third kappa shape index (κ3) is 2.94. The summed E-state index contributed by atoms with van der Waals surface area (Å²) >= 11 is 0. The van der Waals surface area contributed by atoms with Crippen LogP contribution in [0.3, 0.4) is 0 Å². The van der Waals surface area contributed by atoms with E-state index in [4.69, 9.17) is 10.7 Å². The summed E-state index contributed by atoms with van der Waals surface area (Å²) in [6, 6.07) is 2.33. The van der Waals surface area contributed by atoms with E-state index in [2.05, 4.69) is 31.7 Å². The first kappa shape index (κ1) is 14.8. The number of anilines is 1. The van der Waals surface area contributed by atoms with E-state index in [0.717, 1.165) is 25.4 Å². The van der Waals surface area contributed by atoms with Crippen molar-refractivity contribution in [3.63, 3.8) is 0 Å². The Hall–Kier alpha value is -1.09. The van der Waals surface area contributed by atoms with Crippen LogP contribution in [0.4, 0.5) is 5.82 Å². The summed E-state index contributed by atoms with van der Waals surface area (Å²) in [6.45, 7) is 9.91. The summed E-state index contributed by atoms with van der Waals surface area (Å²) in [6.07, 6.45) is 6.18. The molecule has 3 heteroatoms. The standard InChI is InChI=1S/C18H29N3/c1-18(2,3)15-8-9-21(12-15)17-14(11-19)10-13-6-4-5-7-16(13)20-17/h10,15H,4-9,11-12,19H2,1-3H3. The van der Waals surface area contributed by atoms with Gasteiger partial charge in [0.15, 0.2) is 0 Å². The number of hydrogen-bond acceptors (Lipinski definition) is 3. The molecule has 2 heterocycles. The second-order valence-electron chi connectivity index (χ2n) is 7.79. The number of fused-ring (bicyclic) bond motifs is 1. The predicted octanol–water partition coefficient (Wildman–Crippen LogP) is 3.29. The highest BCUT2D eigenvalue weighted by Crippen LogP contribution is 2.36. The molecule has 21 heavy (non-hydrogen) atoms. The number of rotatable bonds is 2. The van der Waals surface area contributed by atoms with Crippen LogP contribution >= 0.6 is 0 Å². The molecule has 3 rings (SSSR count). The number of aryl methyl sites for hydroxylation is 2. The predicted molar refractivity (Wildman–Crippen MR) is 88.5 cm³/mol. The summed E-state index contributed by atoms with van der Waals surface area (Å²) in [4.78, 5) is 7.51. The van der Waals surface area contributed by atoms with E-state index < -0.39 is 0 Å². The van der Waals surface area contributed by atoms with Crippen LogP contribution < -0.4 is 10.6 Å². The van der Waals surface area contributed by atoms with Crippen molar-refractivity contribution in [1.82, 2.24) is 4.98 Å². The Labute approximate surface area is 128 Å². The van der Waals surface area contributed by atoms with Gasteiger partial charge >= 0.3 is 0 Å². The fourth-order valence-corrected chi connectivity index (χ4v) is 3.75. The van der Waals surface area contributed by atoms with Gasteiger partial charge in [0.25, 0.3) is 0 Å². The van der Waals surface area contributed by atoms with Crippen molar-refractivity contribution in [2.24, 2.45) is 17.1 Å². The van der Waals surface area contributed by atoms with Crippen LogP contribution in [0.1, 0.15) is 56.9 Å². The van der Waals surface area contributed by atoms with Crippen molar-refractivity contribution in [1.29, 1.82) is 0 Å².